The Morgan fingerprint density at radius 2 is 1.56 bits per heavy atom. The monoisotopic (exact) mass is 468 g/mol. The van der Waals surface area contributed by atoms with Gasteiger partial charge in [-0.2, -0.15) is 0 Å². The van der Waals surface area contributed by atoms with Crippen LogP contribution in [0, 0.1) is 23.2 Å². The van der Waals surface area contributed by atoms with Gasteiger partial charge >= 0.3 is 0 Å². The van der Waals surface area contributed by atoms with Gasteiger partial charge in [0.1, 0.15) is 0 Å². The third-order valence-electron chi connectivity index (χ3n) is 9.21. The summed E-state index contributed by atoms with van der Waals surface area (Å²) in [7, 11) is 0. The van der Waals surface area contributed by atoms with E-state index < -0.39 is 0 Å². The third-order valence-corrected chi connectivity index (χ3v) is 9.21. The molecule has 34 heavy (non-hydrogen) atoms. The van der Waals surface area contributed by atoms with Crippen molar-refractivity contribution in [3.8, 4) is 11.5 Å². The van der Waals surface area contributed by atoms with Crippen LogP contribution in [0.25, 0.3) is 0 Å². The molecule has 7 heteroatoms. The van der Waals surface area contributed by atoms with Gasteiger partial charge < -0.3 is 24.8 Å². The topological polar surface area (TPSA) is 85.9 Å². The predicted octanol–water partition coefficient (Wildman–Crippen LogP) is 3.30. The van der Waals surface area contributed by atoms with Crippen molar-refractivity contribution in [1.82, 2.24) is 10.6 Å². The Balaban J connectivity index is 1.03. The minimum absolute atomic E-state index is 0.0358. The number of ether oxygens (including phenoxy) is 3. The summed E-state index contributed by atoms with van der Waals surface area (Å²) < 4.78 is 16.6. The van der Waals surface area contributed by atoms with Gasteiger partial charge in [-0.3, -0.25) is 9.59 Å². The first-order valence-corrected chi connectivity index (χ1v) is 13.0. The van der Waals surface area contributed by atoms with Gasteiger partial charge in [0.05, 0.1) is 6.54 Å². The Hall–Kier alpha value is -2.28. The van der Waals surface area contributed by atoms with E-state index in [1.54, 1.807) is 0 Å². The molecule has 1 aromatic rings. The molecule has 2 N–H and O–H groups in total. The standard InChI is InChI=1S/C27H36N2O5/c30-24(14-26-11-18-7-19(12-26)9-20(8-18)13-26)28-15-25(31)29-16-27(3-5-32-6-4-27)21-1-2-22-23(10-21)34-17-33-22/h1-2,10,18-20H,3-9,11-17H2,(H,28,30)(H,29,31). The predicted molar refractivity (Wildman–Crippen MR) is 126 cm³/mol. The lowest BCUT2D eigenvalue weighted by molar-refractivity contribution is -0.132. The first kappa shape index (κ1) is 22.2. The SMILES string of the molecule is O=C(CNC(=O)CC12CC3CC(CC(C3)C1)C2)NCC1(c2ccc3c(c2)OCO3)CCOCC1. The van der Waals surface area contributed by atoms with E-state index in [4.69, 9.17) is 14.2 Å². The van der Waals surface area contributed by atoms with Crippen LogP contribution in [0.3, 0.4) is 0 Å². The number of amides is 2. The molecule has 184 valence electrons. The van der Waals surface area contributed by atoms with E-state index in [0.29, 0.717) is 26.2 Å². The Kier molecular flexibility index (Phi) is 5.71. The smallest absolute Gasteiger partial charge is 0.239 e. The van der Waals surface area contributed by atoms with Crippen molar-refractivity contribution in [2.45, 2.75) is 63.2 Å². The Labute approximate surface area is 201 Å². The van der Waals surface area contributed by atoms with Crippen LogP contribution in [0.4, 0.5) is 0 Å². The Bertz CT molecular complexity index is 919. The zero-order chi connectivity index (χ0) is 23.2. The van der Waals surface area contributed by atoms with Crippen LogP contribution in [0.15, 0.2) is 18.2 Å². The van der Waals surface area contributed by atoms with Crippen molar-refractivity contribution in [2.75, 3.05) is 33.1 Å². The van der Waals surface area contributed by atoms with E-state index in [0.717, 1.165) is 47.7 Å². The molecule has 0 atom stereocenters. The van der Waals surface area contributed by atoms with Crippen LogP contribution in [-0.4, -0.2) is 44.9 Å². The summed E-state index contributed by atoms with van der Waals surface area (Å²) in [6, 6.07) is 6.05. The van der Waals surface area contributed by atoms with Crippen LogP contribution < -0.4 is 20.1 Å². The van der Waals surface area contributed by atoms with Crippen LogP contribution in [0.2, 0.25) is 0 Å². The summed E-state index contributed by atoms with van der Waals surface area (Å²) >= 11 is 0. The fourth-order valence-electron chi connectivity index (χ4n) is 7.97. The van der Waals surface area contributed by atoms with Gasteiger partial charge in [-0.25, -0.2) is 0 Å². The second kappa shape index (κ2) is 8.74. The molecular formula is C27H36N2O5. The number of carbonyl (C=O) groups is 2. The minimum Gasteiger partial charge on any atom is -0.454 e. The summed E-state index contributed by atoms with van der Waals surface area (Å²) in [5, 5.41) is 6.01. The van der Waals surface area contributed by atoms with Gasteiger partial charge in [-0.05, 0) is 92.2 Å². The average Bonchev–Trinajstić information content (AvgIpc) is 3.29. The molecular weight excluding hydrogens is 432 g/mol. The highest BCUT2D eigenvalue weighted by atomic mass is 16.7. The van der Waals surface area contributed by atoms with Crippen LogP contribution in [-0.2, 0) is 19.7 Å². The molecule has 0 spiro atoms. The maximum absolute atomic E-state index is 12.8. The highest BCUT2D eigenvalue weighted by molar-refractivity contribution is 5.85. The summed E-state index contributed by atoms with van der Waals surface area (Å²) in [4.78, 5) is 25.5. The molecule has 2 heterocycles. The number of rotatable bonds is 7. The first-order chi connectivity index (χ1) is 16.5. The lowest BCUT2D eigenvalue weighted by Crippen LogP contribution is -2.49. The van der Waals surface area contributed by atoms with Gasteiger partial charge in [-0.1, -0.05) is 6.07 Å². The van der Waals surface area contributed by atoms with E-state index >= 15 is 0 Å². The molecule has 5 fully saturated rings. The number of benzene rings is 1. The molecule has 7 rings (SSSR count). The zero-order valence-corrected chi connectivity index (χ0v) is 19.9. The fraction of sp³-hybridized carbons (Fsp3) is 0.704. The number of hydrogen-bond acceptors (Lipinski definition) is 5. The lowest BCUT2D eigenvalue weighted by atomic mass is 9.49. The summed E-state index contributed by atoms with van der Waals surface area (Å²) in [5.74, 6) is 3.90. The summed E-state index contributed by atoms with van der Waals surface area (Å²) in [5.41, 5.74) is 1.12. The zero-order valence-electron chi connectivity index (χ0n) is 19.9. The summed E-state index contributed by atoms with van der Waals surface area (Å²) in [6.07, 6.45) is 9.98. The van der Waals surface area contributed by atoms with Crippen molar-refractivity contribution in [3.63, 3.8) is 0 Å². The van der Waals surface area contributed by atoms with E-state index in [2.05, 4.69) is 16.7 Å². The second-order valence-corrected chi connectivity index (χ2v) is 11.6. The molecule has 7 nitrogen and oxygen atoms in total. The molecule has 0 radical (unpaired) electrons. The van der Waals surface area contributed by atoms with Crippen molar-refractivity contribution in [3.05, 3.63) is 23.8 Å². The molecule has 2 amide bonds. The molecule has 1 aromatic carbocycles. The Morgan fingerprint density at radius 1 is 0.882 bits per heavy atom. The Morgan fingerprint density at radius 3 is 2.26 bits per heavy atom. The van der Waals surface area contributed by atoms with E-state index in [1.807, 2.05) is 12.1 Å². The molecule has 1 saturated heterocycles. The van der Waals surface area contributed by atoms with Crippen LogP contribution >= 0.6 is 0 Å². The van der Waals surface area contributed by atoms with Gasteiger partial charge in [0, 0.05) is 31.6 Å². The second-order valence-electron chi connectivity index (χ2n) is 11.6. The molecule has 0 unspecified atom stereocenters. The fourth-order valence-corrected chi connectivity index (χ4v) is 7.97. The highest BCUT2D eigenvalue weighted by Crippen LogP contribution is 2.61. The number of carbonyl (C=O) groups excluding carboxylic acids is 2. The van der Waals surface area contributed by atoms with Gasteiger partial charge in [0.2, 0.25) is 18.6 Å². The van der Waals surface area contributed by atoms with Gasteiger partial charge in [-0.15, -0.1) is 0 Å². The normalized spacial score (nSPS) is 32.4. The molecule has 4 aliphatic carbocycles. The number of nitrogens with one attached hydrogen (secondary N) is 2. The van der Waals surface area contributed by atoms with Crippen molar-refractivity contribution in [1.29, 1.82) is 0 Å². The molecule has 0 aromatic heterocycles. The quantitative estimate of drug-likeness (QED) is 0.641. The average molecular weight is 469 g/mol. The van der Waals surface area contributed by atoms with E-state index in [1.165, 1.54) is 38.5 Å². The molecule has 4 saturated carbocycles. The van der Waals surface area contributed by atoms with Crippen molar-refractivity contribution < 1.29 is 23.8 Å². The molecule has 2 aliphatic heterocycles. The molecule has 4 bridgehead atoms. The summed E-state index contributed by atoms with van der Waals surface area (Å²) in [6.45, 7) is 2.12. The number of fused-ring (bicyclic) bond motifs is 1. The highest BCUT2D eigenvalue weighted by Gasteiger charge is 2.51. The largest absolute Gasteiger partial charge is 0.454 e. The van der Waals surface area contributed by atoms with Crippen molar-refractivity contribution >= 4 is 11.8 Å². The maximum Gasteiger partial charge on any atom is 0.239 e. The van der Waals surface area contributed by atoms with Crippen molar-refractivity contribution in [2.24, 2.45) is 23.2 Å². The number of hydrogen-bond donors (Lipinski definition) is 2. The van der Waals surface area contributed by atoms with Crippen LogP contribution in [0.5, 0.6) is 11.5 Å². The maximum atomic E-state index is 12.8. The minimum atomic E-state index is -0.210. The van der Waals surface area contributed by atoms with E-state index in [-0.39, 0.29) is 36.0 Å². The van der Waals surface area contributed by atoms with E-state index in [9.17, 15) is 9.59 Å². The van der Waals surface area contributed by atoms with Gasteiger partial charge in [0.25, 0.3) is 0 Å². The lowest BCUT2D eigenvalue weighted by Gasteiger charge is -2.56. The van der Waals surface area contributed by atoms with Crippen LogP contribution in [0.1, 0.15) is 63.4 Å². The third kappa shape index (κ3) is 4.28. The van der Waals surface area contributed by atoms with Gasteiger partial charge in [0.15, 0.2) is 11.5 Å². The first-order valence-electron chi connectivity index (χ1n) is 13.0. The molecule has 6 aliphatic rings.